The molecule has 0 fully saturated rings. The van der Waals surface area contributed by atoms with Crippen molar-refractivity contribution in [2.24, 2.45) is 0 Å². The Kier molecular flexibility index (Phi) is 4.75. The molecule has 0 saturated heterocycles. The van der Waals surface area contributed by atoms with E-state index in [2.05, 4.69) is 58.0 Å². The number of nitrogens with zero attached hydrogens (tertiary/aromatic N) is 1. The van der Waals surface area contributed by atoms with Gasteiger partial charge in [-0.05, 0) is 37.6 Å². The van der Waals surface area contributed by atoms with Gasteiger partial charge in [-0.25, -0.2) is 0 Å². The number of rotatable bonds is 4. The first-order valence-corrected chi connectivity index (χ1v) is 7.24. The van der Waals surface area contributed by atoms with E-state index in [0.717, 1.165) is 10.2 Å². The van der Waals surface area contributed by atoms with Crippen LogP contribution in [0.15, 0.2) is 18.2 Å². The van der Waals surface area contributed by atoms with Crippen molar-refractivity contribution in [3.05, 3.63) is 29.3 Å². The average Bonchev–Trinajstić information content (AvgIpc) is 2.17. The molecule has 1 atom stereocenters. The van der Waals surface area contributed by atoms with E-state index in [1.54, 1.807) is 10.8 Å². The molecular weight excluding hydrogens is 210 g/mol. The highest BCUT2D eigenvalue weighted by molar-refractivity contribution is 6.33. The highest BCUT2D eigenvalue weighted by Gasteiger charge is 2.18. The van der Waals surface area contributed by atoms with E-state index < -0.39 is 0 Å². The molecule has 0 radical (unpaired) electrons. The lowest BCUT2D eigenvalue weighted by Gasteiger charge is -2.28. The summed E-state index contributed by atoms with van der Waals surface area (Å²) in [5, 5.41) is 1.56. The van der Waals surface area contributed by atoms with Gasteiger partial charge in [0.2, 0.25) is 0 Å². The summed E-state index contributed by atoms with van der Waals surface area (Å²) in [4.78, 5) is 2.34. The van der Waals surface area contributed by atoms with Crippen LogP contribution in [0.4, 0.5) is 0 Å². The third-order valence-electron chi connectivity index (χ3n) is 3.30. The first-order valence-electron chi connectivity index (χ1n) is 6.24. The number of benzene rings is 1. The van der Waals surface area contributed by atoms with Gasteiger partial charge in [-0.15, -0.1) is 0 Å². The SMILES string of the molecule is CCC(c1cccc([SiH3])c1C(C)C)N(C)C. The summed E-state index contributed by atoms with van der Waals surface area (Å²) in [6.07, 6.45) is 1.18. The van der Waals surface area contributed by atoms with Crippen LogP contribution in [0, 0.1) is 0 Å². The van der Waals surface area contributed by atoms with Gasteiger partial charge in [-0.1, -0.05) is 44.2 Å². The van der Waals surface area contributed by atoms with Crippen molar-refractivity contribution >= 4 is 15.4 Å². The minimum Gasteiger partial charge on any atom is -0.302 e. The van der Waals surface area contributed by atoms with Gasteiger partial charge in [0, 0.05) is 16.3 Å². The summed E-state index contributed by atoms with van der Waals surface area (Å²) < 4.78 is 0. The summed E-state index contributed by atoms with van der Waals surface area (Å²) in [6.45, 7) is 6.89. The van der Waals surface area contributed by atoms with Crippen LogP contribution in [0.2, 0.25) is 0 Å². The van der Waals surface area contributed by atoms with Crippen LogP contribution in [0.3, 0.4) is 0 Å². The van der Waals surface area contributed by atoms with Crippen LogP contribution in [0.25, 0.3) is 0 Å². The smallest absolute Gasteiger partial charge is 0.0388 e. The third kappa shape index (κ3) is 2.74. The predicted molar refractivity (Wildman–Crippen MR) is 76.8 cm³/mol. The third-order valence-corrected chi connectivity index (χ3v) is 4.18. The van der Waals surface area contributed by atoms with Crippen molar-refractivity contribution in [3.8, 4) is 0 Å². The molecule has 0 saturated carbocycles. The Balaban J connectivity index is 3.26. The Bertz CT molecular complexity index is 345. The molecule has 0 aromatic heterocycles. The molecular formula is C14H25NSi. The Morgan fingerprint density at radius 2 is 1.88 bits per heavy atom. The fourth-order valence-electron chi connectivity index (χ4n) is 2.65. The topological polar surface area (TPSA) is 3.24 Å². The van der Waals surface area contributed by atoms with Crippen molar-refractivity contribution in [2.75, 3.05) is 14.1 Å². The van der Waals surface area contributed by atoms with E-state index in [1.165, 1.54) is 12.0 Å². The lowest BCUT2D eigenvalue weighted by Crippen LogP contribution is -2.24. The quantitative estimate of drug-likeness (QED) is 0.720. The molecule has 1 unspecified atom stereocenters. The maximum atomic E-state index is 2.34. The second kappa shape index (κ2) is 5.64. The maximum Gasteiger partial charge on any atom is 0.0388 e. The van der Waals surface area contributed by atoms with Crippen LogP contribution in [0.1, 0.15) is 50.3 Å². The Labute approximate surface area is 103 Å². The minimum absolute atomic E-state index is 0.561. The van der Waals surface area contributed by atoms with Crippen LogP contribution in [-0.4, -0.2) is 29.2 Å². The molecule has 1 nitrogen and oxygen atoms in total. The van der Waals surface area contributed by atoms with Crippen molar-refractivity contribution in [1.29, 1.82) is 0 Å². The standard InChI is InChI=1S/C14H25NSi/c1-6-12(15(4)5)11-8-7-9-13(16)14(11)10(2)3/h7-10,12H,6H2,1-5,16H3. The van der Waals surface area contributed by atoms with E-state index in [4.69, 9.17) is 0 Å². The molecule has 16 heavy (non-hydrogen) atoms. The summed E-state index contributed by atoms with van der Waals surface area (Å²) in [5.41, 5.74) is 3.13. The second-order valence-corrected chi connectivity index (χ2v) is 6.20. The molecule has 0 heterocycles. The van der Waals surface area contributed by atoms with Crippen LogP contribution in [0.5, 0.6) is 0 Å². The zero-order valence-electron chi connectivity index (χ0n) is 11.5. The van der Waals surface area contributed by atoms with E-state index in [9.17, 15) is 0 Å². The fourth-order valence-corrected chi connectivity index (χ4v) is 3.70. The monoisotopic (exact) mass is 235 g/mol. The normalized spacial score (nSPS) is 13.7. The highest BCUT2D eigenvalue weighted by Crippen LogP contribution is 2.28. The first-order chi connectivity index (χ1) is 7.49. The van der Waals surface area contributed by atoms with Crippen LogP contribution >= 0.6 is 0 Å². The van der Waals surface area contributed by atoms with Gasteiger partial charge in [0.1, 0.15) is 0 Å². The molecule has 0 bridgehead atoms. The Morgan fingerprint density at radius 3 is 2.31 bits per heavy atom. The summed E-state index contributed by atoms with van der Waals surface area (Å²) in [5.74, 6) is 0.637. The zero-order valence-corrected chi connectivity index (χ0v) is 13.5. The van der Waals surface area contributed by atoms with Gasteiger partial charge in [0.15, 0.2) is 0 Å². The largest absolute Gasteiger partial charge is 0.302 e. The highest BCUT2D eigenvalue weighted by atomic mass is 28.1. The zero-order chi connectivity index (χ0) is 12.3. The molecule has 0 aliphatic rings. The Hall–Kier alpha value is -0.603. The molecule has 1 aromatic carbocycles. The minimum atomic E-state index is 0.561. The molecule has 1 rings (SSSR count). The van der Waals surface area contributed by atoms with Gasteiger partial charge < -0.3 is 4.90 Å². The van der Waals surface area contributed by atoms with Crippen molar-refractivity contribution in [1.82, 2.24) is 4.90 Å². The van der Waals surface area contributed by atoms with Crippen molar-refractivity contribution < 1.29 is 0 Å². The molecule has 0 N–H and O–H groups in total. The second-order valence-electron chi connectivity index (χ2n) is 5.12. The molecule has 0 spiro atoms. The lowest BCUT2D eigenvalue weighted by atomic mass is 9.91. The van der Waals surface area contributed by atoms with Crippen molar-refractivity contribution in [2.45, 2.75) is 39.2 Å². The molecule has 0 aliphatic carbocycles. The molecule has 1 aromatic rings. The molecule has 0 amide bonds. The summed E-state index contributed by atoms with van der Waals surface area (Å²) in [6, 6.07) is 7.37. The van der Waals surface area contributed by atoms with Crippen LogP contribution < -0.4 is 5.19 Å². The average molecular weight is 235 g/mol. The molecule has 2 heteroatoms. The predicted octanol–water partition coefficient (Wildman–Crippen LogP) is 1.81. The van der Waals surface area contributed by atoms with Gasteiger partial charge in [0.05, 0.1) is 0 Å². The van der Waals surface area contributed by atoms with Gasteiger partial charge in [-0.3, -0.25) is 0 Å². The van der Waals surface area contributed by atoms with Gasteiger partial charge >= 0.3 is 0 Å². The van der Waals surface area contributed by atoms with E-state index >= 15 is 0 Å². The molecule has 0 aliphatic heterocycles. The van der Waals surface area contributed by atoms with E-state index in [-0.39, 0.29) is 0 Å². The van der Waals surface area contributed by atoms with Crippen molar-refractivity contribution in [3.63, 3.8) is 0 Å². The fraction of sp³-hybridized carbons (Fsp3) is 0.571. The first kappa shape index (κ1) is 13.5. The van der Waals surface area contributed by atoms with Gasteiger partial charge in [0.25, 0.3) is 0 Å². The number of hydrogen-bond donors (Lipinski definition) is 0. The lowest BCUT2D eigenvalue weighted by molar-refractivity contribution is 0.290. The van der Waals surface area contributed by atoms with E-state index in [0.29, 0.717) is 12.0 Å². The maximum absolute atomic E-state index is 2.34. The van der Waals surface area contributed by atoms with E-state index in [1.807, 2.05) is 0 Å². The molecule has 90 valence electrons. The Morgan fingerprint density at radius 1 is 1.25 bits per heavy atom. The number of hydrogen-bond acceptors (Lipinski definition) is 1. The summed E-state index contributed by atoms with van der Waals surface area (Å²) >= 11 is 0. The van der Waals surface area contributed by atoms with Crippen LogP contribution in [-0.2, 0) is 0 Å². The summed E-state index contributed by atoms with van der Waals surface area (Å²) in [7, 11) is 5.50. The van der Waals surface area contributed by atoms with Gasteiger partial charge in [-0.2, -0.15) is 0 Å².